The average molecular weight is 162 g/mol. The van der Waals surface area contributed by atoms with E-state index in [0.717, 1.165) is 0 Å². The molecule has 62 valence electrons. The van der Waals surface area contributed by atoms with Gasteiger partial charge in [0.1, 0.15) is 0 Å². The summed E-state index contributed by atoms with van der Waals surface area (Å²) in [5.74, 6) is 0.483. The smallest absolute Gasteiger partial charge is 0.163 e. The molecular formula is C9H10N2O. The first kappa shape index (κ1) is 8.59. The number of pyridine rings is 1. The molecule has 0 aliphatic heterocycles. The highest BCUT2D eigenvalue weighted by molar-refractivity contribution is 5.98. The number of aliphatic imine (C=N–C) groups is 1. The van der Waals surface area contributed by atoms with E-state index in [1.165, 1.54) is 6.92 Å². The highest BCUT2D eigenvalue weighted by atomic mass is 16.1. The van der Waals surface area contributed by atoms with Crippen molar-refractivity contribution >= 4 is 17.8 Å². The van der Waals surface area contributed by atoms with Crippen molar-refractivity contribution < 1.29 is 4.79 Å². The van der Waals surface area contributed by atoms with Crippen LogP contribution in [-0.4, -0.2) is 17.0 Å². The summed E-state index contributed by atoms with van der Waals surface area (Å²) in [6.07, 6.45) is 3.24. The van der Waals surface area contributed by atoms with Gasteiger partial charge in [0.05, 0.1) is 5.56 Å². The maximum atomic E-state index is 11.0. The number of nitrogens with zero attached hydrogens (tertiary/aromatic N) is 2. The molecular weight excluding hydrogens is 152 g/mol. The summed E-state index contributed by atoms with van der Waals surface area (Å²) in [5, 5.41) is 0. The van der Waals surface area contributed by atoms with Crippen LogP contribution < -0.4 is 0 Å². The molecule has 0 aromatic carbocycles. The van der Waals surface area contributed by atoms with E-state index >= 15 is 0 Å². The summed E-state index contributed by atoms with van der Waals surface area (Å²) >= 11 is 0. The molecule has 0 saturated heterocycles. The first-order chi connectivity index (χ1) is 5.75. The molecule has 0 bridgehead atoms. The molecule has 0 unspecified atom stereocenters. The lowest BCUT2D eigenvalue weighted by Crippen LogP contribution is -1.93. The normalized spacial score (nSPS) is 10.5. The minimum Gasteiger partial charge on any atom is -0.294 e. The number of Topliss-reactive ketones (excluding diaryl/α,β-unsaturated/α-hetero) is 1. The highest BCUT2D eigenvalue weighted by Gasteiger charge is 2.04. The van der Waals surface area contributed by atoms with Crippen LogP contribution in [0.25, 0.3) is 0 Å². The van der Waals surface area contributed by atoms with Gasteiger partial charge in [0.15, 0.2) is 11.6 Å². The molecule has 0 fully saturated rings. The summed E-state index contributed by atoms with van der Waals surface area (Å²) in [6, 6.07) is 3.45. The van der Waals surface area contributed by atoms with Crippen LogP contribution in [0.4, 0.5) is 5.82 Å². The predicted molar refractivity (Wildman–Crippen MR) is 48.1 cm³/mol. The van der Waals surface area contributed by atoms with Crippen LogP contribution in [0.2, 0.25) is 0 Å². The lowest BCUT2D eigenvalue weighted by Gasteiger charge is -1.97. The third-order valence-electron chi connectivity index (χ3n) is 1.42. The molecule has 0 atom stereocenters. The standard InChI is InChI=1S/C9H10N2O/c1-3-10-9-8(7(2)12)5-4-6-11-9/h3-6H,1-2H3/b10-3-. The Morgan fingerprint density at radius 3 is 3.00 bits per heavy atom. The Bertz CT molecular complexity index is 318. The molecule has 0 radical (unpaired) electrons. The van der Waals surface area contributed by atoms with Crippen LogP contribution in [0.3, 0.4) is 0 Å². The first-order valence-corrected chi connectivity index (χ1v) is 3.70. The van der Waals surface area contributed by atoms with Gasteiger partial charge in [-0.1, -0.05) is 0 Å². The minimum absolute atomic E-state index is 0.0105. The van der Waals surface area contributed by atoms with Crippen molar-refractivity contribution in [3.63, 3.8) is 0 Å². The van der Waals surface area contributed by atoms with Gasteiger partial charge in [0.2, 0.25) is 0 Å². The first-order valence-electron chi connectivity index (χ1n) is 3.70. The SMILES string of the molecule is C/C=N\c1ncccc1C(C)=O. The van der Waals surface area contributed by atoms with Gasteiger partial charge in [0, 0.05) is 12.4 Å². The van der Waals surface area contributed by atoms with Crippen LogP contribution >= 0.6 is 0 Å². The average Bonchev–Trinajstić information content (AvgIpc) is 2.05. The fraction of sp³-hybridized carbons (Fsp3) is 0.222. The highest BCUT2D eigenvalue weighted by Crippen LogP contribution is 2.14. The third-order valence-corrected chi connectivity index (χ3v) is 1.42. The maximum Gasteiger partial charge on any atom is 0.163 e. The van der Waals surface area contributed by atoms with Crippen molar-refractivity contribution in [2.45, 2.75) is 13.8 Å². The second-order valence-corrected chi connectivity index (χ2v) is 2.32. The van der Waals surface area contributed by atoms with E-state index < -0.39 is 0 Å². The fourth-order valence-corrected chi connectivity index (χ4v) is 0.897. The third kappa shape index (κ3) is 1.75. The summed E-state index contributed by atoms with van der Waals surface area (Å²) < 4.78 is 0. The molecule has 0 spiro atoms. The van der Waals surface area contributed by atoms with Gasteiger partial charge in [-0.15, -0.1) is 0 Å². The van der Waals surface area contributed by atoms with Crippen molar-refractivity contribution in [2.24, 2.45) is 4.99 Å². The molecule has 1 aromatic rings. The van der Waals surface area contributed by atoms with E-state index in [4.69, 9.17) is 0 Å². The van der Waals surface area contributed by atoms with E-state index in [1.807, 2.05) is 0 Å². The Labute approximate surface area is 71.2 Å². The molecule has 0 saturated carbocycles. The van der Waals surface area contributed by atoms with Crippen molar-refractivity contribution in [1.82, 2.24) is 4.98 Å². The van der Waals surface area contributed by atoms with Gasteiger partial charge in [-0.25, -0.2) is 9.98 Å². The zero-order valence-electron chi connectivity index (χ0n) is 7.11. The van der Waals surface area contributed by atoms with E-state index in [9.17, 15) is 4.79 Å². The van der Waals surface area contributed by atoms with Gasteiger partial charge < -0.3 is 0 Å². The zero-order chi connectivity index (χ0) is 8.97. The minimum atomic E-state index is -0.0105. The van der Waals surface area contributed by atoms with Crippen LogP contribution in [0.1, 0.15) is 24.2 Å². The molecule has 0 aliphatic rings. The Balaban J connectivity index is 3.17. The predicted octanol–water partition coefficient (Wildman–Crippen LogP) is 2.01. The molecule has 0 amide bonds. The van der Waals surface area contributed by atoms with E-state index in [0.29, 0.717) is 11.4 Å². The van der Waals surface area contributed by atoms with Crippen LogP contribution in [0, 0.1) is 0 Å². The second kappa shape index (κ2) is 3.76. The summed E-state index contributed by atoms with van der Waals surface area (Å²) in [6.45, 7) is 3.30. The largest absolute Gasteiger partial charge is 0.294 e. The number of rotatable bonds is 2. The number of hydrogen-bond donors (Lipinski definition) is 0. The van der Waals surface area contributed by atoms with Gasteiger partial charge in [0.25, 0.3) is 0 Å². The van der Waals surface area contributed by atoms with Gasteiger partial charge in [-0.05, 0) is 26.0 Å². The Hall–Kier alpha value is -1.51. The van der Waals surface area contributed by atoms with Crippen LogP contribution in [0.5, 0.6) is 0 Å². The number of carbonyl (C=O) groups excluding carboxylic acids is 1. The van der Waals surface area contributed by atoms with E-state index in [1.54, 1.807) is 31.5 Å². The molecule has 1 aromatic heterocycles. The summed E-state index contributed by atoms with van der Waals surface area (Å²) in [5.41, 5.74) is 0.565. The summed E-state index contributed by atoms with van der Waals surface area (Å²) in [4.78, 5) is 19.0. The lowest BCUT2D eigenvalue weighted by atomic mass is 10.2. The van der Waals surface area contributed by atoms with Crippen molar-refractivity contribution in [3.05, 3.63) is 23.9 Å². The Kier molecular flexibility index (Phi) is 2.69. The van der Waals surface area contributed by atoms with Crippen molar-refractivity contribution in [1.29, 1.82) is 0 Å². The second-order valence-electron chi connectivity index (χ2n) is 2.32. The number of hydrogen-bond acceptors (Lipinski definition) is 3. The number of carbonyl (C=O) groups is 1. The Morgan fingerprint density at radius 2 is 2.42 bits per heavy atom. The molecule has 12 heavy (non-hydrogen) atoms. The zero-order valence-corrected chi connectivity index (χ0v) is 7.11. The van der Waals surface area contributed by atoms with Gasteiger partial charge >= 0.3 is 0 Å². The monoisotopic (exact) mass is 162 g/mol. The van der Waals surface area contributed by atoms with Crippen molar-refractivity contribution in [3.8, 4) is 0 Å². The number of ketones is 1. The molecule has 1 heterocycles. The van der Waals surface area contributed by atoms with E-state index in [2.05, 4.69) is 9.98 Å². The molecule has 0 N–H and O–H groups in total. The van der Waals surface area contributed by atoms with Gasteiger partial charge in [-0.2, -0.15) is 0 Å². The lowest BCUT2D eigenvalue weighted by molar-refractivity contribution is 0.101. The molecule has 1 rings (SSSR count). The van der Waals surface area contributed by atoms with Crippen LogP contribution in [0.15, 0.2) is 23.3 Å². The van der Waals surface area contributed by atoms with Gasteiger partial charge in [-0.3, -0.25) is 4.79 Å². The van der Waals surface area contributed by atoms with Crippen molar-refractivity contribution in [2.75, 3.05) is 0 Å². The fourth-order valence-electron chi connectivity index (χ4n) is 0.897. The topological polar surface area (TPSA) is 42.3 Å². The molecule has 3 heteroatoms. The quantitative estimate of drug-likeness (QED) is 0.493. The Morgan fingerprint density at radius 1 is 1.67 bits per heavy atom. The van der Waals surface area contributed by atoms with E-state index in [-0.39, 0.29) is 5.78 Å². The maximum absolute atomic E-state index is 11.0. The number of aromatic nitrogens is 1. The van der Waals surface area contributed by atoms with Crippen LogP contribution in [-0.2, 0) is 0 Å². The molecule has 3 nitrogen and oxygen atoms in total. The molecule has 0 aliphatic carbocycles. The summed E-state index contributed by atoms with van der Waals surface area (Å²) in [7, 11) is 0.